The van der Waals surface area contributed by atoms with Crippen LogP contribution in [0, 0.1) is 0 Å². The Labute approximate surface area is 73.3 Å². The first-order chi connectivity index (χ1) is 5.70. The summed E-state index contributed by atoms with van der Waals surface area (Å²) < 4.78 is 5.20. The van der Waals surface area contributed by atoms with Gasteiger partial charge in [0.05, 0.1) is 19.3 Å². The fourth-order valence-electron chi connectivity index (χ4n) is 1.23. The third-order valence-corrected chi connectivity index (χ3v) is 2.19. The highest BCUT2D eigenvalue weighted by molar-refractivity contribution is 4.74. The summed E-state index contributed by atoms with van der Waals surface area (Å²) in [6.45, 7) is 5.92. The van der Waals surface area contributed by atoms with Crippen LogP contribution in [0.25, 0.3) is 0 Å². The maximum absolute atomic E-state index is 9.17. The summed E-state index contributed by atoms with van der Waals surface area (Å²) >= 11 is 0. The highest BCUT2D eigenvalue weighted by atomic mass is 16.5. The quantitative estimate of drug-likeness (QED) is 0.578. The second kappa shape index (κ2) is 4.77. The molecule has 4 nitrogen and oxygen atoms in total. The lowest BCUT2D eigenvalue weighted by atomic mass is 10.2. The Bertz CT molecular complexity index is 124. The average molecular weight is 174 g/mol. The predicted octanol–water partition coefficient (Wildman–Crippen LogP) is -0.973. The number of nitrogens with two attached hydrogens (primary N) is 1. The smallest absolute Gasteiger partial charge is 0.0675 e. The van der Waals surface area contributed by atoms with Crippen LogP contribution in [0.4, 0.5) is 0 Å². The number of hydrogen-bond acceptors (Lipinski definition) is 4. The van der Waals surface area contributed by atoms with E-state index in [2.05, 4.69) is 4.90 Å². The molecule has 1 aliphatic rings. The van der Waals surface area contributed by atoms with E-state index in [0.29, 0.717) is 0 Å². The van der Waals surface area contributed by atoms with Crippen LogP contribution in [-0.2, 0) is 4.74 Å². The Balaban J connectivity index is 2.20. The van der Waals surface area contributed by atoms with E-state index >= 15 is 0 Å². The van der Waals surface area contributed by atoms with E-state index in [-0.39, 0.29) is 6.04 Å². The summed E-state index contributed by atoms with van der Waals surface area (Å²) in [6, 6.07) is -0.136. The summed E-state index contributed by atoms with van der Waals surface area (Å²) in [5, 5.41) is 9.17. The molecule has 0 amide bonds. The molecule has 1 rings (SSSR count). The van der Waals surface area contributed by atoms with Gasteiger partial charge in [0, 0.05) is 25.7 Å². The third-order valence-electron chi connectivity index (χ3n) is 2.19. The lowest BCUT2D eigenvalue weighted by molar-refractivity contribution is 0.0268. The molecular formula is C8H18N2O2. The summed E-state index contributed by atoms with van der Waals surface area (Å²) in [5.74, 6) is 0. The van der Waals surface area contributed by atoms with Crippen LogP contribution in [0.15, 0.2) is 0 Å². The second-order valence-corrected chi connectivity index (χ2v) is 3.32. The first-order valence-corrected chi connectivity index (χ1v) is 4.44. The van der Waals surface area contributed by atoms with Crippen LogP contribution in [0.5, 0.6) is 0 Å². The Morgan fingerprint density at radius 3 is 2.58 bits per heavy atom. The van der Waals surface area contributed by atoms with Gasteiger partial charge in [-0.15, -0.1) is 0 Å². The molecule has 0 aromatic heterocycles. The van der Waals surface area contributed by atoms with Crippen molar-refractivity contribution in [1.82, 2.24) is 4.90 Å². The van der Waals surface area contributed by atoms with Gasteiger partial charge in [0.15, 0.2) is 0 Å². The number of aliphatic hydroxyl groups excluding tert-OH is 1. The van der Waals surface area contributed by atoms with Crippen LogP contribution in [0.1, 0.15) is 6.92 Å². The number of ether oxygens (including phenoxy) is 1. The fourth-order valence-corrected chi connectivity index (χ4v) is 1.23. The maximum Gasteiger partial charge on any atom is 0.0675 e. The zero-order valence-electron chi connectivity index (χ0n) is 7.57. The fraction of sp³-hybridized carbons (Fsp3) is 1.00. The van der Waals surface area contributed by atoms with E-state index in [9.17, 15) is 0 Å². The molecule has 1 heterocycles. The molecule has 1 saturated heterocycles. The third kappa shape index (κ3) is 3.06. The van der Waals surface area contributed by atoms with Crippen LogP contribution < -0.4 is 5.73 Å². The van der Waals surface area contributed by atoms with Crippen LogP contribution in [0.2, 0.25) is 0 Å². The van der Waals surface area contributed by atoms with Crippen molar-refractivity contribution < 1.29 is 9.84 Å². The topological polar surface area (TPSA) is 58.7 Å². The van der Waals surface area contributed by atoms with Crippen molar-refractivity contribution >= 4 is 0 Å². The van der Waals surface area contributed by atoms with Gasteiger partial charge in [-0.1, -0.05) is 0 Å². The lowest BCUT2D eigenvalue weighted by Crippen LogP contribution is -2.47. The van der Waals surface area contributed by atoms with Crippen molar-refractivity contribution in [2.45, 2.75) is 19.1 Å². The summed E-state index contributed by atoms with van der Waals surface area (Å²) in [7, 11) is 0. The number of morpholine rings is 1. The molecule has 0 bridgehead atoms. The van der Waals surface area contributed by atoms with Gasteiger partial charge in [0.25, 0.3) is 0 Å². The molecule has 1 fully saturated rings. The summed E-state index contributed by atoms with van der Waals surface area (Å²) in [5.41, 5.74) is 5.71. The Morgan fingerprint density at radius 1 is 1.50 bits per heavy atom. The molecule has 3 N–H and O–H groups in total. The number of hydrogen-bond donors (Lipinski definition) is 2. The monoisotopic (exact) mass is 174 g/mol. The molecule has 0 saturated carbocycles. The predicted molar refractivity (Wildman–Crippen MR) is 46.9 cm³/mol. The first-order valence-electron chi connectivity index (χ1n) is 4.44. The van der Waals surface area contributed by atoms with E-state index in [0.717, 1.165) is 32.8 Å². The Morgan fingerprint density at radius 2 is 2.08 bits per heavy atom. The molecule has 0 unspecified atom stereocenters. The van der Waals surface area contributed by atoms with E-state index in [4.69, 9.17) is 15.6 Å². The molecule has 0 aromatic carbocycles. The van der Waals surface area contributed by atoms with Gasteiger partial charge in [-0.05, 0) is 6.92 Å². The number of rotatable bonds is 3. The lowest BCUT2D eigenvalue weighted by Gasteiger charge is -2.29. The average Bonchev–Trinajstić information content (AvgIpc) is 2.06. The van der Waals surface area contributed by atoms with Gasteiger partial charge in [-0.25, -0.2) is 0 Å². The van der Waals surface area contributed by atoms with Crippen molar-refractivity contribution in [2.75, 3.05) is 32.8 Å². The molecule has 2 atom stereocenters. The molecule has 72 valence electrons. The maximum atomic E-state index is 9.17. The van der Waals surface area contributed by atoms with Crippen molar-refractivity contribution in [3.63, 3.8) is 0 Å². The minimum Gasteiger partial charge on any atom is -0.392 e. The molecule has 0 spiro atoms. The molecule has 0 aromatic rings. The second-order valence-electron chi connectivity index (χ2n) is 3.32. The van der Waals surface area contributed by atoms with Gasteiger partial charge in [0.1, 0.15) is 0 Å². The van der Waals surface area contributed by atoms with E-state index < -0.39 is 6.10 Å². The summed E-state index contributed by atoms with van der Waals surface area (Å²) in [4.78, 5) is 2.22. The van der Waals surface area contributed by atoms with Gasteiger partial charge < -0.3 is 15.6 Å². The minimum atomic E-state index is -0.423. The van der Waals surface area contributed by atoms with Crippen molar-refractivity contribution in [3.05, 3.63) is 0 Å². The van der Waals surface area contributed by atoms with E-state index in [1.54, 1.807) is 6.92 Å². The zero-order chi connectivity index (χ0) is 8.97. The van der Waals surface area contributed by atoms with E-state index in [1.165, 1.54) is 0 Å². The van der Waals surface area contributed by atoms with Crippen LogP contribution in [0.3, 0.4) is 0 Å². The molecular weight excluding hydrogens is 156 g/mol. The van der Waals surface area contributed by atoms with Gasteiger partial charge >= 0.3 is 0 Å². The minimum absolute atomic E-state index is 0.136. The molecule has 4 heteroatoms. The molecule has 0 radical (unpaired) electrons. The van der Waals surface area contributed by atoms with Gasteiger partial charge in [0.2, 0.25) is 0 Å². The van der Waals surface area contributed by atoms with Gasteiger partial charge in [-0.2, -0.15) is 0 Å². The number of nitrogens with zero attached hydrogens (tertiary/aromatic N) is 1. The van der Waals surface area contributed by atoms with Crippen molar-refractivity contribution in [2.24, 2.45) is 5.73 Å². The highest BCUT2D eigenvalue weighted by Crippen LogP contribution is 1.99. The van der Waals surface area contributed by atoms with Crippen LogP contribution in [-0.4, -0.2) is 55.0 Å². The SMILES string of the molecule is C[C@@H](O)[C@H](N)CN1CCOCC1. The first kappa shape index (κ1) is 9.92. The normalized spacial score (nSPS) is 25.2. The van der Waals surface area contributed by atoms with Gasteiger partial charge in [-0.3, -0.25) is 4.90 Å². The van der Waals surface area contributed by atoms with Crippen LogP contribution >= 0.6 is 0 Å². The standard InChI is InChI=1S/C8H18N2O2/c1-7(11)8(9)6-10-2-4-12-5-3-10/h7-8,11H,2-6,9H2,1H3/t7-,8-/m1/s1. The van der Waals surface area contributed by atoms with Crippen molar-refractivity contribution in [1.29, 1.82) is 0 Å². The Kier molecular flexibility index (Phi) is 3.94. The summed E-state index contributed by atoms with van der Waals surface area (Å²) in [6.07, 6.45) is -0.423. The zero-order valence-corrected chi connectivity index (χ0v) is 7.57. The number of aliphatic hydroxyl groups is 1. The van der Waals surface area contributed by atoms with Crippen molar-refractivity contribution in [3.8, 4) is 0 Å². The Hall–Kier alpha value is -0.160. The molecule has 12 heavy (non-hydrogen) atoms. The van der Waals surface area contributed by atoms with E-state index in [1.807, 2.05) is 0 Å². The highest BCUT2D eigenvalue weighted by Gasteiger charge is 2.16. The molecule has 0 aliphatic carbocycles. The largest absolute Gasteiger partial charge is 0.392 e. The molecule has 1 aliphatic heterocycles.